The molecule has 0 rings (SSSR count). The summed E-state index contributed by atoms with van der Waals surface area (Å²) in [6, 6.07) is 0. The Hall–Kier alpha value is 1.31. The molecule has 0 fully saturated rings. The maximum atomic E-state index is 11.0. The van der Waals surface area contributed by atoms with Crippen LogP contribution in [0.3, 0.4) is 0 Å². The van der Waals surface area contributed by atoms with Crippen molar-refractivity contribution in [3.8, 4) is 0 Å². The highest BCUT2D eigenvalue weighted by molar-refractivity contribution is 14.3. The van der Waals surface area contributed by atoms with E-state index in [0.29, 0.717) is 6.61 Å². The van der Waals surface area contributed by atoms with Gasteiger partial charge in [0.2, 0.25) is 0 Å². The van der Waals surface area contributed by atoms with E-state index in [9.17, 15) is 4.79 Å². The molecule has 0 N–H and O–H groups in total. The normalized spacial score (nSPS) is 12.4. The fourth-order valence-electron chi connectivity index (χ4n) is 0.971. The number of rotatable bonds is 11. The van der Waals surface area contributed by atoms with Crippen LogP contribution in [0, 0.1) is 0 Å². The molecule has 17 heavy (non-hydrogen) atoms. The Morgan fingerprint density at radius 3 is 2.71 bits per heavy atom. The summed E-state index contributed by atoms with van der Waals surface area (Å²) in [5.74, 6) is -0.0996. The van der Waals surface area contributed by atoms with Crippen LogP contribution < -0.4 is 0 Å². The maximum Gasteiger partial charge on any atom is 0.180 e. The van der Waals surface area contributed by atoms with E-state index in [1.54, 1.807) is 6.08 Å². The van der Waals surface area contributed by atoms with Crippen molar-refractivity contribution in [1.82, 2.24) is 0 Å². The number of hydrogen-bond acceptors (Lipinski definition) is 4. The van der Waals surface area contributed by atoms with Gasteiger partial charge < -0.3 is 8.92 Å². The van der Waals surface area contributed by atoms with Crippen molar-refractivity contribution in [2.45, 2.75) is 18.9 Å². The molecule has 0 amide bonds. The third-order valence-corrected chi connectivity index (χ3v) is 5.68. The van der Waals surface area contributed by atoms with Crippen molar-refractivity contribution >= 4 is 63.9 Å². The molecule has 0 aromatic heterocycles. The van der Waals surface area contributed by atoms with Crippen molar-refractivity contribution < 1.29 is 13.7 Å². The molecule has 3 nitrogen and oxygen atoms in total. The molecule has 7 heteroatoms. The molecule has 1 unspecified atom stereocenters. The summed E-state index contributed by atoms with van der Waals surface area (Å²) >= 11 is 6.16. The average molecular weight is 500 g/mol. The Labute approximate surface area is 134 Å². The summed E-state index contributed by atoms with van der Waals surface area (Å²) in [6.45, 7) is 7.78. The van der Waals surface area contributed by atoms with Crippen LogP contribution in [-0.4, -0.2) is 25.1 Å². The summed E-state index contributed by atoms with van der Waals surface area (Å²) in [4.78, 5) is 11.0. The van der Waals surface area contributed by atoms with Crippen LogP contribution in [0.5, 0.6) is 0 Å². The van der Waals surface area contributed by atoms with E-state index in [2.05, 4.69) is 57.2 Å². The van der Waals surface area contributed by atoms with E-state index in [1.165, 1.54) is 17.7 Å². The minimum absolute atomic E-state index is 0.00773. The molecule has 0 aliphatic carbocycles. The fourth-order valence-corrected chi connectivity index (χ4v) is 3.73. The fraction of sp³-hybridized carbons (Fsp3) is 0.500. The standard InChI is InChI=1S/C10H15I2O3PS/c1-3-5-10(14-8-9(13)4-2)6-7-15-17-16(11)12/h3-4,10H,1-2,5-8H2. The van der Waals surface area contributed by atoms with Crippen LogP contribution in [0.25, 0.3) is 0 Å². The van der Waals surface area contributed by atoms with E-state index in [-0.39, 0.29) is 20.9 Å². The van der Waals surface area contributed by atoms with Gasteiger partial charge in [0.1, 0.15) is 9.02 Å². The Morgan fingerprint density at radius 2 is 2.18 bits per heavy atom. The molecule has 0 aliphatic heterocycles. The topological polar surface area (TPSA) is 35.5 Å². The molecule has 0 saturated carbocycles. The Kier molecular flexibility index (Phi) is 13.3. The summed E-state index contributed by atoms with van der Waals surface area (Å²) in [5.41, 5.74) is 0. The molecule has 1 atom stereocenters. The van der Waals surface area contributed by atoms with Gasteiger partial charge in [-0.3, -0.25) is 4.79 Å². The molecule has 0 heterocycles. The van der Waals surface area contributed by atoms with Gasteiger partial charge >= 0.3 is 0 Å². The molecule has 0 spiro atoms. The highest BCUT2D eigenvalue weighted by Crippen LogP contribution is 2.64. The smallest absolute Gasteiger partial charge is 0.180 e. The second-order valence-corrected chi connectivity index (χ2v) is 20.6. The molecule has 0 aromatic rings. The zero-order valence-corrected chi connectivity index (χ0v) is 15.3. The van der Waals surface area contributed by atoms with Crippen molar-refractivity contribution in [2.24, 2.45) is 0 Å². The largest absolute Gasteiger partial charge is 0.370 e. The third-order valence-electron chi connectivity index (χ3n) is 1.75. The molecular formula is C10H15I2O3PS. The van der Waals surface area contributed by atoms with Crippen LogP contribution >= 0.6 is 58.2 Å². The van der Waals surface area contributed by atoms with Crippen molar-refractivity contribution in [3.05, 3.63) is 25.3 Å². The van der Waals surface area contributed by atoms with Gasteiger partial charge in [0.05, 0.1) is 12.7 Å². The first-order chi connectivity index (χ1) is 8.10. The minimum Gasteiger partial charge on any atom is -0.370 e. The monoisotopic (exact) mass is 500 g/mol. The highest BCUT2D eigenvalue weighted by Gasteiger charge is 2.09. The van der Waals surface area contributed by atoms with Crippen molar-refractivity contribution in [1.29, 1.82) is 0 Å². The van der Waals surface area contributed by atoms with E-state index in [0.717, 1.165) is 12.8 Å². The van der Waals surface area contributed by atoms with Crippen molar-refractivity contribution in [3.63, 3.8) is 0 Å². The van der Waals surface area contributed by atoms with E-state index < -0.39 is 0 Å². The SMILES string of the molecule is C=CCC(CCOSP(I)I)OCC(=O)C=C. The zero-order valence-electron chi connectivity index (χ0n) is 9.31. The lowest BCUT2D eigenvalue weighted by Gasteiger charge is -2.15. The second kappa shape index (κ2) is 12.3. The molecule has 0 radical (unpaired) electrons. The minimum atomic E-state index is -0.154. The predicted octanol–water partition coefficient (Wildman–Crippen LogP) is 4.85. The van der Waals surface area contributed by atoms with Gasteiger partial charge in [-0.2, -0.15) is 0 Å². The zero-order chi connectivity index (χ0) is 13.1. The van der Waals surface area contributed by atoms with Gasteiger partial charge in [-0.05, 0) is 63.0 Å². The number of carbonyl (C=O) groups excluding carboxylic acids is 1. The van der Waals surface area contributed by atoms with Crippen LogP contribution in [0.15, 0.2) is 25.3 Å². The van der Waals surface area contributed by atoms with Gasteiger partial charge in [-0.1, -0.05) is 12.7 Å². The lowest BCUT2D eigenvalue weighted by Crippen LogP contribution is -2.18. The number of ketones is 1. The number of hydrogen-bond donors (Lipinski definition) is 0. The summed E-state index contributed by atoms with van der Waals surface area (Å²) in [6.07, 6.45) is 4.55. The number of halogens is 2. The van der Waals surface area contributed by atoms with E-state index in [4.69, 9.17) is 8.92 Å². The lowest BCUT2D eigenvalue weighted by molar-refractivity contribution is -0.121. The number of carbonyl (C=O) groups is 1. The van der Waals surface area contributed by atoms with Gasteiger partial charge in [-0.25, -0.2) is 0 Å². The maximum absolute atomic E-state index is 11.0. The van der Waals surface area contributed by atoms with Crippen LogP contribution in [0.4, 0.5) is 0 Å². The molecule has 0 bridgehead atoms. The Balaban J connectivity index is 3.77. The van der Waals surface area contributed by atoms with Gasteiger partial charge in [0.25, 0.3) is 0 Å². The van der Waals surface area contributed by atoms with Gasteiger partial charge in [0, 0.05) is 11.7 Å². The predicted molar refractivity (Wildman–Crippen MR) is 92.9 cm³/mol. The van der Waals surface area contributed by atoms with Crippen LogP contribution in [-0.2, 0) is 13.7 Å². The van der Waals surface area contributed by atoms with E-state index >= 15 is 0 Å². The van der Waals surface area contributed by atoms with Gasteiger partial charge in [-0.15, -0.1) is 6.58 Å². The first kappa shape index (κ1) is 18.3. The summed E-state index contributed by atoms with van der Waals surface area (Å²) in [5, 5.41) is 0. The molecular weight excluding hydrogens is 485 g/mol. The Bertz CT molecular complexity index is 252. The summed E-state index contributed by atoms with van der Waals surface area (Å²) in [7, 11) is 0. The highest BCUT2D eigenvalue weighted by atomic mass is 127. The van der Waals surface area contributed by atoms with Gasteiger partial charge in [0.15, 0.2) is 5.78 Å². The quantitative estimate of drug-likeness (QED) is 0.102. The first-order valence-corrected chi connectivity index (χ1v) is 13.1. The summed E-state index contributed by atoms with van der Waals surface area (Å²) < 4.78 is 10.7. The average Bonchev–Trinajstić information content (AvgIpc) is 2.30. The second-order valence-electron chi connectivity index (χ2n) is 3.01. The van der Waals surface area contributed by atoms with E-state index in [1.807, 2.05) is 0 Å². The lowest BCUT2D eigenvalue weighted by atomic mass is 10.2. The molecule has 0 saturated heterocycles. The Morgan fingerprint density at radius 1 is 1.47 bits per heavy atom. The van der Waals surface area contributed by atoms with Crippen LogP contribution in [0.2, 0.25) is 0 Å². The molecule has 0 aliphatic rings. The number of ether oxygens (including phenoxy) is 1. The first-order valence-electron chi connectivity index (χ1n) is 4.89. The third kappa shape index (κ3) is 12.1. The van der Waals surface area contributed by atoms with Crippen molar-refractivity contribution in [2.75, 3.05) is 13.2 Å². The molecule has 98 valence electrons. The van der Waals surface area contributed by atoms with Crippen LogP contribution in [0.1, 0.15) is 12.8 Å². The molecule has 0 aromatic carbocycles.